The molecule has 18 heavy (non-hydrogen) atoms. The van der Waals surface area contributed by atoms with Crippen LogP contribution in [0.15, 0.2) is 47.1 Å². The molecule has 0 amide bonds. The van der Waals surface area contributed by atoms with Crippen LogP contribution in [0.4, 0.5) is 5.69 Å². The molecular formula is C14H16N2OS. The number of hydrogen-bond acceptors (Lipinski definition) is 2. The highest BCUT2D eigenvalue weighted by Gasteiger charge is 2.07. The normalized spacial score (nSPS) is 10.1. The topological polar surface area (TPSA) is 28.4 Å². The van der Waals surface area contributed by atoms with E-state index >= 15 is 0 Å². The number of rotatable bonds is 3. The van der Waals surface area contributed by atoms with E-state index in [-0.39, 0.29) is 0 Å². The fourth-order valence-electron chi connectivity index (χ4n) is 1.65. The van der Waals surface area contributed by atoms with Crippen LogP contribution in [0.3, 0.4) is 0 Å². The van der Waals surface area contributed by atoms with Gasteiger partial charge in [0.15, 0.2) is 5.11 Å². The highest BCUT2D eigenvalue weighted by Crippen LogP contribution is 2.11. The summed E-state index contributed by atoms with van der Waals surface area (Å²) in [6, 6.07) is 11.9. The second-order valence-corrected chi connectivity index (χ2v) is 4.62. The monoisotopic (exact) mass is 260 g/mol. The molecule has 0 aliphatic carbocycles. The average Bonchev–Trinajstić information content (AvgIpc) is 2.81. The van der Waals surface area contributed by atoms with Gasteiger partial charge >= 0.3 is 0 Å². The third kappa shape index (κ3) is 3.34. The summed E-state index contributed by atoms with van der Waals surface area (Å²) in [5.41, 5.74) is 2.21. The summed E-state index contributed by atoms with van der Waals surface area (Å²) in [5, 5.41) is 3.89. The van der Waals surface area contributed by atoms with Gasteiger partial charge in [-0.25, -0.2) is 0 Å². The maximum Gasteiger partial charge on any atom is 0.173 e. The van der Waals surface area contributed by atoms with Crippen LogP contribution in [0.1, 0.15) is 11.3 Å². The Labute approximate surface area is 112 Å². The highest BCUT2D eigenvalue weighted by atomic mass is 32.1. The minimum atomic E-state index is 0.657. The lowest BCUT2D eigenvalue weighted by atomic mass is 10.2. The van der Waals surface area contributed by atoms with E-state index in [1.165, 1.54) is 5.56 Å². The Balaban J connectivity index is 1.95. The molecule has 4 heteroatoms. The van der Waals surface area contributed by atoms with Crippen LogP contribution in [-0.2, 0) is 6.54 Å². The van der Waals surface area contributed by atoms with Crippen molar-refractivity contribution >= 4 is 23.0 Å². The van der Waals surface area contributed by atoms with Crippen molar-refractivity contribution in [2.45, 2.75) is 13.5 Å². The van der Waals surface area contributed by atoms with Crippen molar-refractivity contribution in [3.63, 3.8) is 0 Å². The van der Waals surface area contributed by atoms with Crippen molar-refractivity contribution in [3.05, 3.63) is 54.0 Å². The second kappa shape index (κ2) is 5.69. The molecule has 0 radical (unpaired) electrons. The first-order chi connectivity index (χ1) is 8.65. The fraction of sp³-hybridized carbons (Fsp3) is 0.214. The predicted octanol–water partition coefficient (Wildman–Crippen LogP) is 3.42. The average molecular weight is 260 g/mol. The molecule has 0 aliphatic heterocycles. The molecule has 0 aliphatic rings. The molecule has 0 spiro atoms. The number of thiocarbonyl (C=S) groups is 1. The van der Waals surface area contributed by atoms with Crippen LogP contribution < -0.4 is 5.32 Å². The summed E-state index contributed by atoms with van der Waals surface area (Å²) in [6.07, 6.45) is 1.67. The van der Waals surface area contributed by atoms with Crippen LogP contribution in [0.25, 0.3) is 0 Å². The molecule has 0 unspecified atom stereocenters. The van der Waals surface area contributed by atoms with E-state index < -0.39 is 0 Å². The zero-order chi connectivity index (χ0) is 13.0. The largest absolute Gasteiger partial charge is 0.467 e. The van der Waals surface area contributed by atoms with Gasteiger partial charge in [0.2, 0.25) is 0 Å². The fourth-order valence-corrected chi connectivity index (χ4v) is 1.83. The zero-order valence-corrected chi connectivity index (χ0v) is 11.3. The van der Waals surface area contributed by atoms with Crippen LogP contribution in [0, 0.1) is 6.92 Å². The first-order valence-electron chi connectivity index (χ1n) is 5.76. The van der Waals surface area contributed by atoms with Crippen LogP contribution in [0.5, 0.6) is 0 Å². The molecule has 1 aromatic heterocycles. The van der Waals surface area contributed by atoms with Gasteiger partial charge in [0.1, 0.15) is 5.76 Å². The summed E-state index contributed by atoms with van der Waals surface area (Å²) in [6.45, 7) is 2.71. The van der Waals surface area contributed by atoms with E-state index in [4.69, 9.17) is 16.6 Å². The Morgan fingerprint density at radius 2 is 2.17 bits per heavy atom. The number of hydrogen-bond donors (Lipinski definition) is 1. The van der Waals surface area contributed by atoms with Gasteiger partial charge in [-0.05, 0) is 49.0 Å². The Morgan fingerprint density at radius 3 is 2.83 bits per heavy atom. The quantitative estimate of drug-likeness (QED) is 0.856. The summed E-state index contributed by atoms with van der Waals surface area (Å²) in [5.74, 6) is 0.894. The van der Waals surface area contributed by atoms with Gasteiger partial charge in [0, 0.05) is 12.7 Å². The minimum absolute atomic E-state index is 0.657. The highest BCUT2D eigenvalue weighted by molar-refractivity contribution is 7.80. The number of furan rings is 1. The van der Waals surface area contributed by atoms with E-state index in [0.29, 0.717) is 11.7 Å². The van der Waals surface area contributed by atoms with Crippen LogP contribution >= 0.6 is 12.2 Å². The zero-order valence-electron chi connectivity index (χ0n) is 10.5. The van der Waals surface area contributed by atoms with E-state index in [0.717, 1.165) is 11.4 Å². The molecule has 0 bridgehead atoms. The predicted molar refractivity (Wildman–Crippen MR) is 77.6 cm³/mol. The molecule has 1 heterocycles. The van der Waals surface area contributed by atoms with E-state index in [1.54, 1.807) is 6.26 Å². The lowest BCUT2D eigenvalue weighted by Gasteiger charge is -2.20. The van der Waals surface area contributed by atoms with Gasteiger partial charge in [0.25, 0.3) is 0 Å². The van der Waals surface area contributed by atoms with E-state index in [2.05, 4.69) is 24.4 Å². The summed E-state index contributed by atoms with van der Waals surface area (Å²) < 4.78 is 5.29. The van der Waals surface area contributed by atoms with Gasteiger partial charge in [-0.1, -0.05) is 12.1 Å². The van der Waals surface area contributed by atoms with Crippen LogP contribution in [-0.4, -0.2) is 17.1 Å². The lowest BCUT2D eigenvalue weighted by molar-refractivity contribution is 0.414. The van der Waals surface area contributed by atoms with Crippen LogP contribution in [0.2, 0.25) is 0 Å². The first-order valence-corrected chi connectivity index (χ1v) is 6.17. The molecule has 0 saturated carbocycles. The van der Waals surface area contributed by atoms with Crippen molar-refractivity contribution < 1.29 is 4.42 Å². The van der Waals surface area contributed by atoms with Gasteiger partial charge in [-0.3, -0.25) is 0 Å². The number of anilines is 1. The van der Waals surface area contributed by atoms with Gasteiger partial charge in [-0.15, -0.1) is 0 Å². The summed E-state index contributed by atoms with van der Waals surface area (Å²) in [7, 11) is 1.94. The van der Waals surface area contributed by atoms with E-state index in [9.17, 15) is 0 Å². The van der Waals surface area contributed by atoms with Crippen molar-refractivity contribution in [2.75, 3.05) is 12.4 Å². The number of nitrogens with one attached hydrogen (secondary N) is 1. The van der Waals surface area contributed by atoms with E-state index in [1.807, 2.05) is 36.2 Å². The maximum absolute atomic E-state index is 5.35. The van der Waals surface area contributed by atoms with Crippen molar-refractivity contribution in [2.24, 2.45) is 0 Å². The molecule has 1 N–H and O–H groups in total. The van der Waals surface area contributed by atoms with Crippen molar-refractivity contribution in [3.8, 4) is 0 Å². The molecule has 0 atom stereocenters. The molecule has 0 saturated heterocycles. The molecular weight excluding hydrogens is 244 g/mol. The standard InChI is InChI=1S/C14H16N2OS/c1-11-5-3-6-12(9-11)15-14(18)16(2)10-13-7-4-8-17-13/h3-9H,10H2,1-2H3,(H,15,18). The Hall–Kier alpha value is -1.81. The third-order valence-electron chi connectivity index (χ3n) is 2.59. The molecule has 2 rings (SSSR count). The maximum atomic E-state index is 5.35. The van der Waals surface area contributed by atoms with Crippen molar-refractivity contribution in [1.82, 2.24) is 4.90 Å². The summed E-state index contributed by atoms with van der Waals surface area (Å²) >= 11 is 5.35. The SMILES string of the molecule is Cc1cccc(NC(=S)N(C)Cc2ccco2)c1. The number of aryl methyl sites for hydroxylation is 1. The first kappa shape index (κ1) is 12.6. The molecule has 1 aromatic carbocycles. The smallest absolute Gasteiger partial charge is 0.173 e. The molecule has 94 valence electrons. The van der Waals surface area contributed by atoms with Gasteiger partial charge in [0.05, 0.1) is 12.8 Å². The summed E-state index contributed by atoms with van der Waals surface area (Å²) in [4.78, 5) is 1.94. The molecule has 3 nitrogen and oxygen atoms in total. The number of benzene rings is 1. The second-order valence-electron chi connectivity index (χ2n) is 4.24. The van der Waals surface area contributed by atoms with Crippen molar-refractivity contribution in [1.29, 1.82) is 0 Å². The van der Waals surface area contributed by atoms with Gasteiger partial charge in [-0.2, -0.15) is 0 Å². The third-order valence-corrected chi connectivity index (χ3v) is 3.00. The van der Waals surface area contributed by atoms with Gasteiger partial charge < -0.3 is 14.6 Å². The Bertz CT molecular complexity index is 522. The lowest BCUT2D eigenvalue weighted by Crippen LogP contribution is -2.30. The number of nitrogens with zero attached hydrogens (tertiary/aromatic N) is 1. The molecule has 2 aromatic rings. The minimum Gasteiger partial charge on any atom is -0.467 e. The molecule has 0 fully saturated rings. The Morgan fingerprint density at radius 1 is 1.33 bits per heavy atom. The Kier molecular flexibility index (Phi) is 3.99.